The Morgan fingerprint density at radius 1 is 0.970 bits per heavy atom. The topological polar surface area (TPSA) is 101 Å². The summed E-state index contributed by atoms with van der Waals surface area (Å²) in [5.41, 5.74) is 0. The first-order chi connectivity index (χ1) is 16.0. The summed E-state index contributed by atoms with van der Waals surface area (Å²) in [6, 6.07) is 11.7. The second-order valence-electron chi connectivity index (χ2n) is 7.68. The first-order valence-corrected chi connectivity index (χ1v) is 12.2. The predicted molar refractivity (Wildman–Crippen MR) is 118 cm³/mol. The van der Waals surface area contributed by atoms with Crippen LogP contribution in [0.15, 0.2) is 47.4 Å². The molecule has 9 nitrogen and oxygen atoms in total. The first kappa shape index (κ1) is 23.2. The lowest BCUT2D eigenvalue weighted by Gasteiger charge is -2.30. The summed E-state index contributed by atoms with van der Waals surface area (Å²) < 4.78 is 54.4. The Hall–Kier alpha value is -2.98. The number of benzene rings is 2. The van der Waals surface area contributed by atoms with E-state index in [1.165, 1.54) is 16.4 Å². The second kappa shape index (κ2) is 10.3. The fourth-order valence-corrected chi connectivity index (χ4v) is 5.24. The minimum absolute atomic E-state index is 0.126. The van der Waals surface area contributed by atoms with Gasteiger partial charge in [0.25, 0.3) is 0 Å². The third-order valence-corrected chi connectivity index (χ3v) is 7.49. The third-order valence-electron chi connectivity index (χ3n) is 5.59. The molecule has 2 aromatic rings. The van der Waals surface area contributed by atoms with Crippen LogP contribution < -0.4 is 18.9 Å². The third kappa shape index (κ3) is 5.51. The fraction of sp³-hybridized carbons (Fsp3) is 0.435. The molecule has 0 N–H and O–H groups in total. The number of ether oxygens (including phenoxy) is 5. The van der Waals surface area contributed by atoms with E-state index in [2.05, 4.69) is 0 Å². The van der Waals surface area contributed by atoms with E-state index < -0.39 is 10.0 Å². The van der Waals surface area contributed by atoms with Gasteiger partial charge in [0.15, 0.2) is 11.5 Å². The number of methoxy groups -OCH3 is 1. The smallest absolute Gasteiger partial charge is 0.309 e. The van der Waals surface area contributed by atoms with Crippen LogP contribution in [-0.4, -0.2) is 65.3 Å². The molecule has 1 fully saturated rings. The summed E-state index contributed by atoms with van der Waals surface area (Å²) in [5.74, 6) is 1.69. The molecule has 0 atom stereocenters. The average molecular weight is 478 g/mol. The number of hydrogen-bond acceptors (Lipinski definition) is 8. The summed E-state index contributed by atoms with van der Waals surface area (Å²) in [6.45, 7) is 1.68. The SMILES string of the molecule is COc1ccc(OCCOC(=O)C2CCN(S(=O)(=O)c3ccc4c(c3)OCCO4)CC2)cc1. The molecule has 10 heteroatoms. The highest BCUT2D eigenvalue weighted by atomic mass is 32.2. The number of nitrogens with zero attached hydrogens (tertiary/aromatic N) is 1. The molecule has 0 unspecified atom stereocenters. The van der Waals surface area contributed by atoms with Gasteiger partial charge in [-0.3, -0.25) is 4.79 Å². The van der Waals surface area contributed by atoms with E-state index in [9.17, 15) is 13.2 Å². The van der Waals surface area contributed by atoms with Crippen LogP contribution in [0.4, 0.5) is 0 Å². The number of fused-ring (bicyclic) bond motifs is 1. The molecule has 2 aliphatic rings. The van der Waals surface area contributed by atoms with Crippen LogP contribution in [-0.2, 0) is 19.6 Å². The van der Waals surface area contributed by atoms with Crippen LogP contribution in [0.3, 0.4) is 0 Å². The molecular formula is C23H27NO8S. The molecule has 0 aliphatic carbocycles. The van der Waals surface area contributed by atoms with Crippen molar-refractivity contribution >= 4 is 16.0 Å². The van der Waals surface area contributed by atoms with Crippen molar-refractivity contribution in [3.63, 3.8) is 0 Å². The molecule has 4 rings (SSSR count). The highest BCUT2D eigenvalue weighted by Gasteiger charge is 2.33. The number of piperidine rings is 1. The van der Waals surface area contributed by atoms with Crippen molar-refractivity contribution < 1.29 is 36.9 Å². The van der Waals surface area contributed by atoms with Crippen LogP contribution in [0, 0.1) is 5.92 Å². The number of carbonyl (C=O) groups excluding carboxylic acids is 1. The zero-order chi connectivity index (χ0) is 23.3. The average Bonchev–Trinajstić information content (AvgIpc) is 2.86. The van der Waals surface area contributed by atoms with Gasteiger partial charge >= 0.3 is 5.97 Å². The van der Waals surface area contributed by atoms with Gasteiger partial charge in [0.05, 0.1) is 17.9 Å². The Labute approximate surface area is 193 Å². The van der Waals surface area contributed by atoms with Crippen LogP contribution in [0.5, 0.6) is 23.0 Å². The van der Waals surface area contributed by atoms with Gasteiger partial charge in [-0.1, -0.05) is 0 Å². The Morgan fingerprint density at radius 3 is 2.33 bits per heavy atom. The van der Waals surface area contributed by atoms with E-state index >= 15 is 0 Å². The lowest BCUT2D eigenvalue weighted by Crippen LogP contribution is -2.40. The number of sulfonamides is 1. The van der Waals surface area contributed by atoms with Crippen LogP contribution in [0.1, 0.15) is 12.8 Å². The molecule has 0 amide bonds. The maximum atomic E-state index is 13.0. The Balaban J connectivity index is 1.23. The quantitative estimate of drug-likeness (QED) is 0.422. The van der Waals surface area contributed by atoms with Crippen molar-refractivity contribution in [2.75, 3.05) is 46.6 Å². The van der Waals surface area contributed by atoms with Crippen molar-refractivity contribution in [1.29, 1.82) is 0 Å². The zero-order valence-corrected chi connectivity index (χ0v) is 19.2. The molecule has 0 spiro atoms. The maximum absolute atomic E-state index is 13.0. The maximum Gasteiger partial charge on any atom is 0.309 e. The van der Waals surface area contributed by atoms with Gasteiger partial charge in [-0.2, -0.15) is 4.31 Å². The van der Waals surface area contributed by atoms with Gasteiger partial charge in [0, 0.05) is 19.2 Å². The monoisotopic (exact) mass is 477 g/mol. The number of hydrogen-bond donors (Lipinski definition) is 0. The summed E-state index contributed by atoms with van der Waals surface area (Å²) in [6.07, 6.45) is 0.809. The highest BCUT2D eigenvalue weighted by molar-refractivity contribution is 7.89. The highest BCUT2D eigenvalue weighted by Crippen LogP contribution is 2.34. The van der Waals surface area contributed by atoms with Crippen LogP contribution in [0.25, 0.3) is 0 Å². The molecule has 1 saturated heterocycles. The molecule has 0 bridgehead atoms. The van der Waals surface area contributed by atoms with Crippen molar-refractivity contribution in [3.05, 3.63) is 42.5 Å². The van der Waals surface area contributed by atoms with Gasteiger partial charge in [-0.15, -0.1) is 0 Å². The first-order valence-electron chi connectivity index (χ1n) is 10.8. The Kier molecular flexibility index (Phi) is 7.24. The molecule has 2 aromatic carbocycles. The van der Waals surface area contributed by atoms with E-state index in [-0.39, 0.29) is 43.1 Å². The van der Waals surface area contributed by atoms with E-state index in [0.29, 0.717) is 43.3 Å². The largest absolute Gasteiger partial charge is 0.497 e. The van der Waals surface area contributed by atoms with Crippen molar-refractivity contribution in [2.45, 2.75) is 17.7 Å². The number of rotatable bonds is 8. The molecule has 178 valence electrons. The van der Waals surface area contributed by atoms with Gasteiger partial charge < -0.3 is 23.7 Å². The molecule has 2 heterocycles. The van der Waals surface area contributed by atoms with Gasteiger partial charge in [0.2, 0.25) is 10.0 Å². The fourth-order valence-electron chi connectivity index (χ4n) is 3.76. The normalized spacial score (nSPS) is 16.8. The van der Waals surface area contributed by atoms with E-state index in [4.69, 9.17) is 23.7 Å². The van der Waals surface area contributed by atoms with Gasteiger partial charge in [-0.25, -0.2) is 8.42 Å². The zero-order valence-electron chi connectivity index (χ0n) is 18.4. The molecular weight excluding hydrogens is 450 g/mol. The van der Waals surface area contributed by atoms with Crippen LogP contribution in [0.2, 0.25) is 0 Å². The molecule has 2 aliphatic heterocycles. The lowest BCUT2D eigenvalue weighted by atomic mass is 9.98. The Bertz CT molecular complexity index is 1060. The standard InChI is InChI=1S/C23H27NO8S/c1-28-18-2-4-19(5-3-18)29-12-15-32-23(25)17-8-10-24(11-9-17)33(26,27)20-6-7-21-22(16-20)31-14-13-30-21/h2-7,16-17H,8-15H2,1H3. The van der Waals surface area contributed by atoms with Crippen molar-refractivity contribution in [1.82, 2.24) is 4.31 Å². The number of carbonyl (C=O) groups is 1. The second-order valence-corrected chi connectivity index (χ2v) is 9.61. The van der Waals surface area contributed by atoms with Gasteiger partial charge in [0.1, 0.15) is 37.9 Å². The predicted octanol–water partition coefficient (Wildman–Crippen LogP) is 2.49. The lowest BCUT2D eigenvalue weighted by molar-refractivity contribution is -0.150. The molecule has 33 heavy (non-hydrogen) atoms. The Morgan fingerprint density at radius 2 is 1.64 bits per heavy atom. The summed E-state index contributed by atoms with van der Waals surface area (Å²) in [7, 11) is -2.09. The van der Waals surface area contributed by atoms with Crippen molar-refractivity contribution in [2.24, 2.45) is 5.92 Å². The van der Waals surface area contributed by atoms with Crippen LogP contribution >= 0.6 is 0 Å². The molecule has 0 aromatic heterocycles. The van der Waals surface area contributed by atoms with Crippen molar-refractivity contribution in [3.8, 4) is 23.0 Å². The van der Waals surface area contributed by atoms with E-state index in [0.717, 1.165) is 5.75 Å². The summed E-state index contributed by atoms with van der Waals surface area (Å²) in [4.78, 5) is 12.5. The summed E-state index contributed by atoms with van der Waals surface area (Å²) >= 11 is 0. The minimum atomic E-state index is -3.68. The summed E-state index contributed by atoms with van der Waals surface area (Å²) in [5, 5.41) is 0. The van der Waals surface area contributed by atoms with Gasteiger partial charge in [-0.05, 0) is 49.2 Å². The number of esters is 1. The minimum Gasteiger partial charge on any atom is -0.497 e. The molecule has 0 saturated carbocycles. The van der Waals surface area contributed by atoms with E-state index in [1.807, 2.05) is 0 Å². The molecule has 0 radical (unpaired) electrons. The van der Waals surface area contributed by atoms with E-state index in [1.54, 1.807) is 37.4 Å².